The van der Waals surface area contributed by atoms with Gasteiger partial charge in [0.2, 0.25) is 0 Å². The van der Waals surface area contributed by atoms with E-state index < -0.39 is 0 Å². The first-order chi connectivity index (χ1) is 10.6. The molecular formula is C19H37NO2. The molecule has 0 aromatic carbocycles. The second-order valence-corrected chi connectivity index (χ2v) is 6.54. The number of nitrogens with one attached hydrogen (secondary N) is 1. The Hall–Kier alpha value is -0.830. The average molecular weight is 312 g/mol. The highest BCUT2D eigenvalue weighted by Crippen LogP contribution is 2.14. The number of esters is 1. The number of carbonyl (C=O) groups is 1. The van der Waals surface area contributed by atoms with E-state index in [1.165, 1.54) is 52.1 Å². The van der Waals surface area contributed by atoms with Gasteiger partial charge in [0.25, 0.3) is 0 Å². The van der Waals surface area contributed by atoms with E-state index in [1.807, 2.05) is 19.9 Å². The van der Waals surface area contributed by atoms with Gasteiger partial charge >= 0.3 is 5.97 Å². The van der Waals surface area contributed by atoms with Crippen molar-refractivity contribution in [3.63, 3.8) is 0 Å². The quantitative estimate of drug-likeness (QED) is 0.283. The minimum atomic E-state index is -0.223. The molecule has 0 unspecified atom stereocenters. The SMILES string of the molecule is C=CC[C@@H](CCCCCCCCC)N[C@H](C(=O)OC)C(C)C. The summed E-state index contributed by atoms with van der Waals surface area (Å²) in [6, 6.07) is 0.0964. The largest absolute Gasteiger partial charge is 0.468 e. The van der Waals surface area contributed by atoms with Gasteiger partial charge in [-0.05, 0) is 18.8 Å². The lowest BCUT2D eigenvalue weighted by molar-refractivity contribution is -0.144. The van der Waals surface area contributed by atoms with E-state index in [0.717, 1.165) is 12.8 Å². The van der Waals surface area contributed by atoms with Crippen LogP contribution < -0.4 is 5.32 Å². The van der Waals surface area contributed by atoms with Gasteiger partial charge in [0.15, 0.2) is 0 Å². The van der Waals surface area contributed by atoms with Gasteiger partial charge in [-0.2, -0.15) is 0 Å². The van der Waals surface area contributed by atoms with Gasteiger partial charge in [-0.3, -0.25) is 4.79 Å². The molecule has 0 rings (SSSR count). The summed E-state index contributed by atoms with van der Waals surface area (Å²) in [5.74, 6) is 0.0671. The van der Waals surface area contributed by atoms with Crippen LogP contribution in [0.2, 0.25) is 0 Å². The number of methoxy groups -OCH3 is 1. The van der Waals surface area contributed by atoms with Gasteiger partial charge in [-0.15, -0.1) is 6.58 Å². The lowest BCUT2D eigenvalue weighted by atomic mass is 9.99. The summed E-state index contributed by atoms with van der Waals surface area (Å²) in [4.78, 5) is 11.9. The highest BCUT2D eigenvalue weighted by atomic mass is 16.5. The summed E-state index contributed by atoms with van der Waals surface area (Å²) in [7, 11) is 1.46. The normalized spacial score (nSPS) is 13.9. The van der Waals surface area contributed by atoms with Gasteiger partial charge in [0, 0.05) is 6.04 Å². The maximum atomic E-state index is 11.9. The predicted octanol–water partition coefficient (Wildman–Crippen LogP) is 4.86. The molecule has 0 heterocycles. The van der Waals surface area contributed by atoms with Crippen molar-refractivity contribution in [2.45, 2.75) is 90.6 Å². The third-order valence-corrected chi connectivity index (χ3v) is 4.14. The summed E-state index contributed by atoms with van der Waals surface area (Å²) in [6.45, 7) is 10.2. The standard InChI is InChI=1S/C19H37NO2/c1-6-8-9-10-11-12-13-15-17(14-7-2)20-18(16(3)4)19(21)22-5/h7,16-18,20H,2,6,8-15H2,1,3-5H3/t17-,18-/m0/s1. The first-order valence-electron chi connectivity index (χ1n) is 9.01. The zero-order valence-corrected chi connectivity index (χ0v) is 15.2. The van der Waals surface area contributed by atoms with Crippen molar-refractivity contribution >= 4 is 5.97 Å². The van der Waals surface area contributed by atoms with Crippen LogP contribution in [-0.2, 0) is 9.53 Å². The molecule has 0 radical (unpaired) electrons. The predicted molar refractivity (Wildman–Crippen MR) is 95.0 cm³/mol. The summed E-state index contributed by atoms with van der Waals surface area (Å²) in [6.07, 6.45) is 13.1. The van der Waals surface area contributed by atoms with Crippen molar-refractivity contribution in [3.05, 3.63) is 12.7 Å². The molecular weight excluding hydrogens is 274 g/mol. The van der Waals surface area contributed by atoms with E-state index in [4.69, 9.17) is 4.74 Å². The van der Waals surface area contributed by atoms with Crippen LogP contribution in [0.25, 0.3) is 0 Å². The Balaban J connectivity index is 4.12. The van der Waals surface area contributed by atoms with Crippen molar-refractivity contribution in [1.82, 2.24) is 5.32 Å². The average Bonchev–Trinajstić information content (AvgIpc) is 2.50. The number of carbonyl (C=O) groups excluding carboxylic acids is 1. The van der Waals surface area contributed by atoms with E-state index >= 15 is 0 Å². The Morgan fingerprint density at radius 1 is 1.14 bits per heavy atom. The first kappa shape index (κ1) is 21.2. The summed E-state index contributed by atoms with van der Waals surface area (Å²) in [5.41, 5.74) is 0. The van der Waals surface area contributed by atoms with E-state index in [2.05, 4.69) is 18.8 Å². The van der Waals surface area contributed by atoms with Crippen LogP contribution in [-0.4, -0.2) is 25.2 Å². The maximum absolute atomic E-state index is 11.9. The van der Waals surface area contributed by atoms with Gasteiger partial charge in [0.05, 0.1) is 7.11 Å². The van der Waals surface area contributed by atoms with E-state index in [-0.39, 0.29) is 17.9 Å². The first-order valence-corrected chi connectivity index (χ1v) is 9.01. The summed E-state index contributed by atoms with van der Waals surface area (Å²) < 4.78 is 4.91. The van der Waals surface area contributed by atoms with Gasteiger partial charge in [-0.25, -0.2) is 0 Å². The third-order valence-electron chi connectivity index (χ3n) is 4.14. The molecule has 0 saturated heterocycles. The lowest BCUT2D eigenvalue weighted by Crippen LogP contribution is -2.47. The number of rotatable bonds is 14. The molecule has 22 heavy (non-hydrogen) atoms. The smallest absolute Gasteiger partial charge is 0.323 e. The molecule has 3 nitrogen and oxygen atoms in total. The van der Waals surface area contributed by atoms with Crippen LogP contribution in [0.1, 0.15) is 78.6 Å². The zero-order chi connectivity index (χ0) is 16.8. The topological polar surface area (TPSA) is 38.3 Å². The highest BCUT2D eigenvalue weighted by molar-refractivity contribution is 5.75. The van der Waals surface area contributed by atoms with Gasteiger partial charge in [-0.1, -0.05) is 71.8 Å². The fraction of sp³-hybridized carbons (Fsp3) is 0.842. The van der Waals surface area contributed by atoms with Crippen LogP contribution >= 0.6 is 0 Å². The van der Waals surface area contributed by atoms with Crippen LogP contribution in [0.3, 0.4) is 0 Å². The zero-order valence-electron chi connectivity index (χ0n) is 15.2. The van der Waals surface area contributed by atoms with Crippen LogP contribution in [0, 0.1) is 5.92 Å². The second-order valence-electron chi connectivity index (χ2n) is 6.54. The van der Waals surface area contributed by atoms with Crippen molar-refractivity contribution in [2.24, 2.45) is 5.92 Å². The number of hydrogen-bond acceptors (Lipinski definition) is 3. The molecule has 0 aliphatic rings. The summed E-state index contributed by atoms with van der Waals surface area (Å²) in [5, 5.41) is 3.47. The molecule has 0 fully saturated rings. The van der Waals surface area contributed by atoms with Crippen molar-refractivity contribution < 1.29 is 9.53 Å². The Kier molecular flexibility index (Phi) is 13.3. The minimum Gasteiger partial charge on any atom is -0.468 e. The molecule has 2 atom stereocenters. The maximum Gasteiger partial charge on any atom is 0.323 e. The molecule has 0 bridgehead atoms. The summed E-state index contributed by atoms with van der Waals surface area (Å²) >= 11 is 0. The Bertz CT molecular complexity index is 289. The van der Waals surface area contributed by atoms with Crippen LogP contribution in [0.4, 0.5) is 0 Å². The Morgan fingerprint density at radius 2 is 1.73 bits per heavy atom. The Labute approximate surface area is 137 Å². The lowest BCUT2D eigenvalue weighted by Gasteiger charge is -2.26. The molecule has 0 saturated carbocycles. The molecule has 0 aromatic rings. The van der Waals surface area contributed by atoms with Gasteiger partial charge < -0.3 is 10.1 Å². The van der Waals surface area contributed by atoms with Crippen molar-refractivity contribution in [3.8, 4) is 0 Å². The molecule has 0 spiro atoms. The highest BCUT2D eigenvalue weighted by Gasteiger charge is 2.25. The molecule has 0 aromatic heterocycles. The second kappa shape index (κ2) is 13.8. The van der Waals surface area contributed by atoms with Crippen LogP contribution in [0.15, 0.2) is 12.7 Å². The van der Waals surface area contributed by atoms with E-state index in [0.29, 0.717) is 6.04 Å². The molecule has 0 amide bonds. The number of hydrogen-bond donors (Lipinski definition) is 1. The van der Waals surface area contributed by atoms with E-state index in [1.54, 1.807) is 0 Å². The fourth-order valence-electron chi connectivity index (χ4n) is 2.73. The molecule has 0 aliphatic heterocycles. The Morgan fingerprint density at radius 3 is 2.23 bits per heavy atom. The van der Waals surface area contributed by atoms with E-state index in [9.17, 15) is 4.79 Å². The number of unbranched alkanes of at least 4 members (excludes halogenated alkanes) is 6. The molecule has 0 aliphatic carbocycles. The molecule has 3 heteroatoms. The van der Waals surface area contributed by atoms with Crippen molar-refractivity contribution in [1.29, 1.82) is 0 Å². The monoisotopic (exact) mass is 311 g/mol. The minimum absolute atomic E-state index is 0.163. The molecule has 130 valence electrons. The van der Waals surface area contributed by atoms with Crippen molar-refractivity contribution in [2.75, 3.05) is 7.11 Å². The van der Waals surface area contributed by atoms with Gasteiger partial charge in [0.1, 0.15) is 6.04 Å². The number of ether oxygens (including phenoxy) is 1. The van der Waals surface area contributed by atoms with Crippen LogP contribution in [0.5, 0.6) is 0 Å². The third kappa shape index (κ3) is 9.99. The fourth-order valence-corrected chi connectivity index (χ4v) is 2.73. The molecule has 1 N–H and O–H groups in total.